The lowest BCUT2D eigenvalue weighted by Gasteiger charge is -2.40. The number of aliphatic hydroxyl groups is 2. The van der Waals surface area contributed by atoms with E-state index in [0.29, 0.717) is 12.6 Å². The van der Waals surface area contributed by atoms with Gasteiger partial charge in [0.25, 0.3) is 0 Å². The largest absolute Gasteiger partial charge is 0.394 e. The summed E-state index contributed by atoms with van der Waals surface area (Å²) in [7, 11) is 0. The van der Waals surface area contributed by atoms with E-state index < -0.39 is 6.10 Å². The highest BCUT2D eigenvalue weighted by Gasteiger charge is 2.30. The van der Waals surface area contributed by atoms with E-state index in [4.69, 9.17) is 16.7 Å². The van der Waals surface area contributed by atoms with Crippen molar-refractivity contribution in [3.05, 3.63) is 58.6 Å². The van der Waals surface area contributed by atoms with Crippen molar-refractivity contribution in [2.24, 2.45) is 0 Å². The third-order valence-electron chi connectivity index (χ3n) is 5.46. The lowest BCUT2D eigenvalue weighted by molar-refractivity contribution is 0.0304. The molecule has 4 nitrogen and oxygen atoms in total. The van der Waals surface area contributed by atoms with Gasteiger partial charge in [-0.25, -0.2) is 0 Å². The van der Waals surface area contributed by atoms with E-state index in [0.717, 1.165) is 37.6 Å². The van der Waals surface area contributed by atoms with Crippen LogP contribution in [0, 0.1) is 0 Å². The Morgan fingerprint density at radius 1 is 1.07 bits per heavy atom. The maximum atomic E-state index is 9.71. The van der Waals surface area contributed by atoms with Crippen molar-refractivity contribution in [1.29, 1.82) is 0 Å². The van der Waals surface area contributed by atoms with Gasteiger partial charge >= 0.3 is 0 Å². The molecule has 0 bridgehead atoms. The van der Waals surface area contributed by atoms with Crippen molar-refractivity contribution >= 4 is 23.4 Å². The minimum atomic E-state index is -0.655. The van der Waals surface area contributed by atoms with E-state index in [1.807, 2.05) is 17.8 Å². The summed E-state index contributed by atoms with van der Waals surface area (Å²) in [5.41, 5.74) is 2.70. The van der Waals surface area contributed by atoms with Crippen molar-refractivity contribution in [3.63, 3.8) is 0 Å². The predicted octanol–water partition coefficient (Wildman–Crippen LogP) is 3.06. The predicted molar refractivity (Wildman–Crippen MR) is 110 cm³/mol. The molecule has 2 aliphatic rings. The van der Waals surface area contributed by atoms with Gasteiger partial charge in [0, 0.05) is 53.6 Å². The zero-order chi connectivity index (χ0) is 18.8. The number of hydrogen-bond acceptors (Lipinski definition) is 5. The molecule has 0 aromatic heterocycles. The SMILES string of the molecule is OCC(O)CN1CCN(C2Cc3ccccc3Sc3ccc(Cl)cc32)CC1. The first kappa shape index (κ1) is 19.2. The zero-order valence-corrected chi connectivity index (χ0v) is 16.8. The van der Waals surface area contributed by atoms with E-state index in [1.54, 1.807) is 0 Å². The van der Waals surface area contributed by atoms with Gasteiger partial charge in [0.15, 0.2) is 0 Å². The van der Waals surface area contributed by atoms with Crippen molar-refractivity contribution in [2.75, 3.05) is 39.3 Å². The summed E-state index contributed by atoms with van der Waals surface area (Å²) >= 11 is 8.19. The van der Waals surface area contributed by atoms with Gasteiger partial charge in [-0.15, -0.1) is 0 Å². The Labute approximate surface area is 169 Å². The van der Waals surface area contributed by atoms with Crippen molar-refractivity contribution in [2.45, 2.75) is 28.4 Å². The van der Waals surface area contributed by atoms with Gasteiger partial charge < -0.3 is 10.2 Å². The maximum absolute atomic E-state index is 9.71. The van der Waals surface area contributed by atoms with Gasteiger partial charge in [0.1, 0.15) is 0 Å². The van der Waals surface area contributed by atoms with Gasteiger partial charge in [-0.2, -0.15) is 0 Å². The smallest absolute Gasteiger partial charge is 0.0897 e. The van der Waals surface area contributed by atoms with Crippen molar-refractivity contribution < 1.29 is 10.2 Å². The number of piperazine rings is 1. The molecule has 1 fully saturated rings. The molecule has 0 aliphatic carbocycles. The van der Waals surface area contributed by atoms with Crippen molar-refractivity contribution in [1.82, 2.24) is 9.80 Å². The van der Waals surface area contributed by atoms with E-state index in [-0.39, 0.29) is 6.61 Å². The first-order valence-corrected chi connectivity index (χ1v) is 10.6. The molecule has 27 heavy (non-hydrogen) atoms. The average Bonchev–Trinajstić information content (AvgIpc) is 2.85. The second kappa shape index (κ2) is 8.52. The van der Waals surface area contributed by atoms with Crippen molar-refractivity contribution in [3.8, 4) is 0 Å². The Balaban J connectivity index is 1.58. The van der Waals surface area contributed by atoms with Gasteiger partial charge in [0.05, 0.1) is 12.7 Å². The lowest BCUT2D eigenvalue weighted by Crippen LogP contribution is -2.50. The van der Waals surface area contributed by atoms with E-state index in [1.165, 1.54) is 20.9 Å². The zero-order valence-electron chi connectivity index (χ0n) is 15.2. The van der Waals surface area contributed by atoms with Crippen LogP contribution in [0.2, 0.25) is 5.02 Å². The van der Waals surface area contributed by atoms with Crippen LogP contribution in [0.4, 0.5) is 0 Å². The molecule has 1 saturated heterocycles. The molecule has 0 amide bonds. The summed E-state index contributed by atoms with van der Waals surface area (Å²) in [6, 6.07) is 15.2. The molecule has 4 rings (SSSR count). The van der Waals surface area contributed by atoms with Crippen LogP contribution in [-0.2, 0) is 6.42 Å². The van der Waals surface area contributed by atoms with Crippen LogP contribution in [0.25, 0.3) is 0 Å². The summed E-state index contributed by atoms with van der Waals surface area (Å²) in [5, 5.41) is 19.6. The molecule has 2 aliphatic heterocycles. The van der Waals surface area contributed by atoms with Crippen LogP contribution >= 0.6 is 23.4 Å². The number of benzene rings is 2. The molecule has 0 radical (unpaired) electrons. The van der Waals surface area contributed by atoms with Crippen LogP contribution in [0.1, 0.15) is 17.2 Å². The normalized spacial score (nSPS) is 22.0. The molecular formula is C21H25ClN2O2S. The summed E-state index contributed by atoms with van der Waals surface area (Å²) < 4.78 is 0. The third kappa shape index (κ3) is 4.34. The first-order valence-electron chi connectivity index (χ1n) is 9.44. The number of β-amino-alcohol motifs (C(OH)–C–C–N with tert-alkyl or cyclic N) is 1. The third-order valence-corrected chi connectivity index (χ3v) is 6.91. The summed E-state index contributed by atoms with van der Waals surface area (Å²) in [6.45, 7) is 4.05. The van der Waals surface area contributed by atoms with Gasteiger partial charge in [0.2, 0.25) is 0 Å². The molecule has 2 unspecified atom stereocenters. The molecule has 0 saturated carbocycles. The Morgan fingerprint density at radius 3 is 2.63 bits per heavy atom. The Kier molecular flexibility index (Phi) is 6.07. The minimum absolute atomic E-state index is 0.178. The van der Waals surface area contributed by atoms with Gasteiger partial charge in [-0.1, -0.05) is 41.6 Å². The van der Waals surface area contributed by atoms with Crippen LogP contribution in [0.15, 0.2) is 52.3 Å². The molecule has 2 aromatic rings. The topological polar surface area (TPSA) is 46.9 Å². The van der Waals surface area contributed by atoms with E-state index >= 15 is 0 Å². The Hall–Kier alpha value is -1.08. The highest BCUT2D eigenvalue weighted by atomic mass is 35.5. The molecule has 6 heteroatoms. The van der Waals surface area contributed by atoms with Crippen LogP contribution in [-0.4, -0.2) is 65.4 Å². The monoisotopic (exact) mass is 404 g/mol. The summed E-state index contributed by atoms with van der Waals surface area (Å²) in [6.07, 6.45) is 0.327. The van der Waals surface area contributed by atoms with Crippen LogP contribution < -0.4 is 0 Å². The first-order chi connectivity index (χ1) is 13.1. The number of nitrogens with zero attached hydrogens (tertiary/aromatic N) is 2. The number of rotatable bonds is 4. The standard InChI is InChI=1S/C21H25ClN2O2S/c22-16-5-6-21-18(12-16)19(11-15-3-1-2-4-20(15)27-21)24-9-7-23(8-10-24)13-17(26)14-25/h1-6,12,17,19,25-26H,7-11,13-14H2. The fourth-order valence-corrected chi connectivity index (χ4v) is 5.32. The molecule has 2 heterocycles. The summed E-state index contributed by atoms with van der Waals surface area (Å²) in [4.78, 5) is 7.38. The number of fused-ring (bicyclic) bond motifs is 2. The molecule has 2 aromatic carbocycles. The van der Waals surface area contributed by atoms with Crippen LogP contribution in [0.5, 0.6) is 0 Å². The quantitative estimate of drug-likeness (QED) is 0.820. The fraction of sp³-hybridized carbons (Fsp3) is 0.429. The van der Waals surface area contributed by atoms with Gasteiger partial charge in [-0.05, 0) is 41.8 Å². The highest BCUT2D eigenvalue weighted by molar-refractivity contribution is 7.99. The fourth-order valence-electron chi connectivity index (χ4n) is 4.02. The van der Waals surface area contributed by atoms with E-state index in [2.05, 4.69) is 46.2 Å². The highest BCUT2D eigenvalue weighted by Crippen LogP contribution is 2.43. The maximum Gasteiger partial charge on any atom is 0.0897 e. The number of aliphatic hydroxyl groups excluding tert-OH is 2. The summed E-state index contributed by atoms with van der Waals surface area (Å²) in [5.74, 6) is 0. The Morgan fingerprint density at radius 2 is 1.85 bits per heavy atom. The molecular weight excluding hydrogens is 380 g/mol. The molecule has 144 valence electrons. The lowest BCUT2D eigenvalue weighted by atomic mass is 9.96. The Bertz CT molecular complexity index is 796. The number of halogens is 1. The van der Waals surface area contributed by atoms with Gasteiger partial charge in [-0.3, -0.25) is 9.80 Å². The minimum Gasteiger partial charge on any atom is -0.394 e. The average molecular weight is 405 g/mol. The second-order valence-corrected chi connectivity index (χ2v) is 8.81. The second-order valence-electron chi connectivity index (χ2n) is 7.28. The van der Waals surface area contributed by atoms with E-state index in [9.17, 15) is 5.11 Å². The molecule has 2 atom stereocenters. The molecule has 2 N–H and O–H groups in total. The molecule has 0 spiro atoms. The number of hydrogen-bond donors (Lipinski definition) is 2. The van der Waals surface area contributed by atoms with Crippen LogP contribution in [0.3, 0.4) is 0 Å².